The molecule has 200 valence electrons. The Balaban J connectivity index is 2.82. The summed E-state index contributed by atoms with van der Waals surface area (Å²) in [6.45, 7) is 9.58. The van der Waals surface area contributed by atoms with Crippen LogP contribution in [-0.2, 0) is 31.8 Å². The lowest BCUT2D eigenvalue weighted by Crippen LogP contribution is -2.55. The first-order valence-electron chi connectivity index (χ1n) is 12.9. The predicted octanol–water partition coefficient (Wildman–Crippen LogP) is 6.69. The Labute approximate surface area is 217 Å². The van der Waals surface area contributed by atoms with Gasteiger partial charge in [0.2, 0.25) is 0 Å². The molecule has 0 aliphatic heterocycles. The maximum absolute atomic E-state index is 12.7. The summed E-state index contributed by atoms with van der Waals surface area (Å²) in [5.74, 6) is 0.390. The quantitative estimate of drug-likeness (QED) is 0.186. The Morgan fingerprint density at radius 1 is 0.943 bits per heavy atom. The lowest BCUT2D eigenvalue weighted by molar-refractivity contribution is -0.109. The van der Waals surface area contributed by atoms with Crippen molar-refractivity contribution in [3.05, 3.63) is 35.4 Å². The van der Waals surface area contributed by atoms with E-state index in [4.69, 9.17) is 14.2 Å². The van der Waals surface area contributed by atoms with Gasteiger partial charge in [-0.2, -0.15) is 0 Å². The number of thioether (sulfide) groups is 1. The van der Waals surface area contributed by atoms with Gasteiger partial charge < -0.3 is 19.5 Å². The number of alkyl carbamates (subject to hydrolysis) is 1. The number of methoxy groups -OCH3 is 1. The van der Waals surface area contributed by atoms with E-state index >= 15 is 0 Å². The average Bonchev–Trinajstić information content (AvgIpc) is 2.78. The Bertz CT molecular complexity index is 732. The molecule has 0 radical (unpaired) electrons. The molecule has 1 aromatic carbocycles. The van der Waals surface area contributed by atoms with Crippen molar-refractivity contribution in [1.29, 1.82) is 0 Å². The van der Waals surface area contributed by atoms with Crippen LogP contribution in [0, 0.1) is 0 Å². The minimum atomic E-state index is -0.769. The Morgan fingerprint density at radius 3 is 2.11 bits per heavy atom. The zero-order valence-corrected chi connectivity index (χ0v) is 23.6. The van der Waals surface area contributed by atoms with Gasteiger partial charge in [0.1, 0.15) is 12.4 Å². The molecule has 0 bridgehead atoms. The van der Waals surface area contributed by atoms with Crippen LogP contribution in [0.2, 0.25) is 0 Å². The van der Waals surface area contributed by atoms with Gasteiger partial charge in [-0.25, -0.2) is 4.79 Å². The van der Waals surface area contributed by atoms with Crippen molar-refractivity contribution < 1.29 is 23.8 Å². The second-order valence-corrected chi connectivity index (χ2v) is 11.4. The molecule has 1 N–H and O–H groups in total. The molecule has 1 unspecified atom stereocenters. The molecule has 0 aliphatic rings. The van der Waals surface area contributed by atoms with Gasteiger partial charge in [-0.1, -0.05) is 75.1 Å². The molecular formula is C28H47NO5S. The second kappa shape index (κ2) is 17.0. The van der Waals surface area contributed by atoms with Crippen LogP contribution in [0.3, 0.4) is 0 Å². The first-order chi connectivity index (χ1) is 16.6. The third-order valence-corrected chi connectivity index (χ3v) is 6.74. The molecule has 6 nitrogen and oxygen atoms in total. The van der Waals surface area contributed by atoms with E-state index in [0.717, 1.165) is 12.8 Å². The third kappa shape index (κ3) is 15.2. The normalized spacial score (nSPS) is 13.3. The minimum absolute atomic E-state index is 0.00819. The van der Waals surface area contributed by atoms with Crippen molar-refractivity contribution in [3.63, 3.8) is 0 Å². The molecule has 0 aliphatic carbocycles. The van der Waals surface area contributed by atoms with Gasteiger partial charge in [-0.05, 0) is 57.6 Å². The predicted molar refractivity (Wildman–Crippen MR) is 145 cm³/mol. The number of carbonyl (C=O) groups is 2. The van der Waals surface area contributed by atoms with Crippen LogP contribution in [0.15, 0.2) is 24.3 Å². The van der Waals surface area contributed by atoms with E-state index in [9.17, 15) is 9.59 Å². The first-order valence-corrected chi connectivity index (χ1v) is 13.9. The van der Waals surface area contributed by atoms with Crippen LogP contribution in [-0.4, -0.2) is 48.6 Å². The topological polar surface area (TPSA) is 73.9 Å². The van der Waals surface area contributed by atoms with Crippen LogP contribution in [0.5, 0.6) is 0 Å². The molecule has 0 fully saturated rings. The summed E-state index contributed by atoms with van der Waals surface area (Å²) in [6, 6.07) is 8.74. The summed E-state index contributed by atoms with van der Waals surface area (Å²) >= 11 is 1.18. The highest BCUT2D eigenvalue weighted by atomic mass is 32.2. The van der Waals surface area contributed by atoms with Crippen molar-refractivity contribution >= 4 is 23.0 Å². The van der Waals surface area contributed by atoms with E-state index in [2.05, 4.69) is 36.5 Å². The van der Waals surface area contributed by atoms with Gasteiger partial charge in [0.25, 0.3) is 0 Å². The smallest absolute Gasteiger partial charge is 0.408 e. The number of amides is 1. The minimum Gasteiger partial charge on any atom is -0.444 e. The number of aryl methyl sites for hydroxylation is 2. The second-order valence-electron chi connectivity index (χ2n) is 10.3. The Morgan fingerprint density at radius 2 is 1.54 bits per heavy atom. The van der Waals surface area contributed by atoms with Gasteiger partial charge in [-0.15, -0.1) is 0 Å². The van der Waals surface area contributed by atoms with E-state index in [1.807, 2.05) is 20.8 Å². The largest absolute Gasteiger partial charge is 0.444 e. The Kier molecular flexibility index (Phi) is 15.3. The number of benzene rings is 1. The van der Waals surface area contributed by atoms with Gasteiger partial charge in [-0.3, -0.25) is 4.79 Å². The zero-order chi connectivity index (χ0) is 26.2. The van der Waals surface area contributed by atoms with Crippen molar-refractivity contribution in [2.45, 2.75) is 104 Å². The molecule has 1 aromatic rings. The monoisotopic (exact) mass is 509 g/mol. The first kappa shape index (κ1) is 31.5. The highest BCUT2D eigenvalue weighted by Gasteiger charge is 2.34. The van der Waals surface area contributed by atoms with Crippen LogP contribution in [0.4, 0.5) is 4.79 Å². The molecule has 0 spiro atoms. The lowest BCUT2D eigenvalue weighted by atomic mass is 9.93. The molecule has 7 heteroatoms. The molecule has 1 rings (SSSR count). The van der Waals surface area contributed by atoms with Crippen LogP contribution < -0.4 is 5.32 Å². The Hall–Kier alpha value is -1.57. The maximum Gasteiger partial charge on any atom is 0.408 e. The van der Waals surface area contributed by atoms with Crippen LogP contribution in [0.1, 0.15) is 90.7 Å². The van der Waals surface area contributed by atoms with Crippen molar-refractivity contribution in [2.75, 3.05) is 26.3 Å². The van der Waals surface area contributed by atoms with Gasteiger partial charge in [0.15, 0.2) is 5.12 Å². The molecule has 0 heterocycles. The summed E-state index contributed by atoms with van der Waals surface area (Å²) in [5, 5.41) is 3.01. The summed E-state index contributed by atoms with van der Waals surface area (Å²) in [6.07, 6.45) is 9.72. The fourth-order valence-corrected chi connectivity index (χ4v) is 4.55. The molecule has 0 saturated heterocycles. The van der Waals surface area contributed by atoms with Gasteiger partial charge in [0.05, 0.1) is 12.1 Å². The van der Waals surface area contributed by atoms with Crippen LogP contribution in [0.25, 0.3) is 0 Å². The van der Waals surface area contributed by atoms with E-state index < -0.39 is 17.2 Å². The fraction of sp³-hybridized carbons (Fsp3) is 0.714. The molecule has 1 atom stereocenters. The molecule has 35 heavy (non-hydrogen) atoms. The van der Waals surface area contributed by atoms with Crippen molar-refractivity contribution in [1.82, 2.24) is 5.32 Å². The van der Waals surface area contributed by atoms with Gasteiger partial charge in [0, 0.05) is 19.8 Å². The number of rotatable bonds is 17. The standard InChI is InChI=1S/C28H47NO5S/c1-7-8-9-10-11-12-13-24-14-16-25(17-15-24)18-19-28(20-33-22-32-6,21-35-23(2)30)29-26(31)34-27(3,4)5/h14-17H,7-13,18-22H2,1-6H3,(H,29,31). The summed E-state index contributed by atoms with van der Waals surface area (Å²) in [4.78, 5) is 24.4. The number of hydrogen-bond acceptors (Lipinski definition) is 6. The maximum atomic E-state index is 12.7. The average molecular weight is 510 g/mol. The van der Waals surface area contributed by atoms with E-state index in [0.29, 0.717) is 12.2 Å². The van der Waals surface area contributed by atoms with Crippen molar-refractivity contribution in [2.24, 2.45) is 0 Å². The highest BCUT2D eigenvalue weighted by Crippen LogP contribution is 2.23. The number of ether oxygens (including phenoxy) is 3. The number of hydrogen-bond donors (Lipinski definition) is 1. The third-order valence-electron chi connectivity index (χ3n) is 5.63. The summed E-state index contributed by atoms with van der Waals surface area (Å²) in [7, 11) is 1.56. The molecule has 1 amide bonds. The summed E-state index contributed by atoms with van der Waals surface area (Å²) in [5.41, 5.74) is 1.15. The van der Waals surface area contributed by atoms with Crippen molar-refractivity contribution in [3.8, 4) is 0 Å². The molecular weight excluding hydrogens is 462 g/mol. The van der Waals surface area contributed by atoms with Gasteiger partial charge >= 0.3 is 6.09 Å². The van der Waals surface area contributed by atoms with Crippen LogP contribution >= 0.6 is 11.8 Å². The highest BCUT2D eigenvalue weighted by molar-refractivity contribution is 8.13. The summed E-state index contributed by atoms with van der Waals surface area (Å²) < 4.78 is 16.2. The van der Waals surface area contributed by atoms with E-state index in [-0.39, 0.29) is 18.5 Å². The zero-order valence-electron chi connectivity index (χ0n) is 22.7. The molecule has 0 saturated carbocycles. The number of unbranched alkanes of at least 4 members (excludes halogenated alkanes) is 5. The van der Waals surface area contributed by atoms with E-state index in [1.54, 1.807) is 7.11 Å². The van der Waals surface area contributed by atoms with E-state index in [1.165, 1.54) is 68.3 Å². The lowest BCUT2D eigenvalue weighted by Gasteiger charge is -2.35. The fourth-order valence-electron chi connectivity index (χ4n) is 3.77. The number of nitrogens with one attached hydrogen (secondary N) is 1. The molecule has 0 aromatic heterocycles. The SMILES string of the molecule is CCCCCCCCc1ccc(CCC(COCOC)(CSC(C)=O)NC(=O)OC(C)(C)C)cc1. The number of carbonyl (C=O) groups excluding carboxylic acids is 2.